The number of hydrogen-bond donors (Lipinski definition) is 0. The molecular weight excluding hydrogens is 294 g/mol. The second kappa shape index (κ2) is 6.78. The molecule has 2 heterocycles. The number of aromatic nitrogens is 2. The van der Waals surface area contributed by atoms with Gasteiger partial charge in [0.1, 0.15) is 0 Å². The van der Waals surface area contributed by atoms with Gasteiger partial charge < -0.3 is 9.47 Å². The van der Waals surface area contributed by atoms with E-state index in [2.05, 4.69) is 76.0 Å². The Morgan fingerprint density at radius 3 is 2.75 bits per heavy atom. The molecule has 1 saturated heterocycles. The maximum atomic E-state index is 4.54. The number of likely N-dealkylation sites (tertiary alicyclic amines) is 1. The lowest BCUT2D eigenvalue weighted by molar-refractivity contribution is 0.185. The van der Waals surface area contributed by atoms with Crippen LogP contribution in [0.25, 0.3) is 11.0 Å². The van der Waals surface area contributed by atoms with E-state index in [0.717, 1.165) is 12.1 Å². The third kappa shape index (κ3) is 3.09. The average molecular weight is 319 g/mol. The van der Waals surface area contributed by atoms with Gasteiger partial charge in [-0.05, 0) is 49.9 Å². The molecule has 3 aromatic rings. The minimum atomic E-state index is 0.437. The summed E-state index contributed by atoms with van der Waals surface area (Å²) < 4.78 is 2.32. The summed E-state index contributed by atoms with van der Waals surface area (Å²) in [5.74, 6) is 0.673. The Kier molecular flexibility index (Phi) is 4.35. The molecule has 24 heavy (non-hydrogen) atoms. The van der Waals surface area contributed by atoms with Gasteiger partial charge in [-0.25, -0.2) is 4.98 Å². The van der Waals surface area contributed by atoms with Crippen molar-refractivity contribution >= 4 is 11.0 Å². The predicted molar refractivity (Wildman–Crippen MR) is 99.3 cm³/mol. The van der Waals surface area contributed by atoms with Crippen LogP contribution in [0.4, 0.5) is 0 Å². The number of hydrogen-bond acceptors (Lipinski definition) is 2. The summed E-state index contributed by atoms with van der Waals surface area (Å²) in [6, 6.07) is 19.8. The predicted octanol–water partition coefficient (Wildman–Crippen LogP) is 4.48. The number of nitrogens with zero attached hydrogens (tertiary/aromatic N) is 3. The summed E-state index contributed by atoms with van der Waals surface area (Å²) in [6.07, 6.45) is 4.59. The van der Waals surface area contributed by atoms with E-state index < -0.39 is 0 Å². The molecular formula is C21H25N3. The van der Waals surface area contributed by atoms with Crippen LogP contribution in [0.3, 0.4) is 0 Å². The molecule has 0 N–H and O–H groups in total. The van der Waals surface area contributed by atoms with Crippen LogP contribution in [0.15, 0.2) is 60.9 Å². The van der Waals surface area contributed by atoms with E-state index in [-0.39, 0.29) is 0 Å². The lowest BCUT2D eigenvalue weighted by atomic mass is 9.90. The van der Waals surface area contributed by atoms with Gasteiger partial charge in [-0.2, -0.15) is 0 Å². The van der Waals surface area contributed by atoms with E-state index >= 15 is 0 Å². The molecule has 0 bridgehead atoms. The van der Waals surface area contributed by atoms with Gasteiger partial charge in [0.05, 0.1) is 17.4 Å². The van der Waals surface area contributed by atoms with Gasteiger partial charge in [-0.3, -0.25) is 0 Å². The van der Waals surface area contributed by atoms with Crippen molar-refractivity contribution in [2.45, 2.75) is 31.7 Å². The van der Waals surface area contributed by atoms with Crippen molar-refractivity contribution in [2.24, 2.45) is 0 Å². The second-order valence-electron chi connectivity index (χ2n) is 7.00. The van der Waals surface area contributed by atoms with Gasteiger partial charge in [0.2, 0.25) is 0 Å². The van der Waals surface area contributed by atoms with Crippen LogP contribution in [0.1, 0.15) is 37.3 Å². The summed E-state index contributed by atoms with van der Waals surface area (Å²) in [5.41, 5.74) is 3.81. The van der Waals surface area contributed by atoms with Crippen molar-refractivity contribution in [1.29, 1.82) is 0 Å². The third-order valence-electron chi connectivity index (χ3n) is 5.25. The number of rotatable bonds is 4. The van der Waals surface area contributed by atoms with Crippen molar-refractivity contribution in [3.63, 3.8) is 0 Å². The molecule has 3 heteroatoms. The average Bonchev–Trinajstić information content (AvgIpc) is 3.07. The lowest BCUT2D eigenvalue weighted by Crippen LogP contribution is -2.37. The second-order valence-corrected chi connectivity index (χ2v) is 7.00. The quantitative estimate of drug-likeness (QED) is 0.707. The topological polar surface area (TPSA) is 21.1 Å². The van der Waals surface area contributed by atoms with Crippen molar-refractivity contribution in [1.82, 2.24) is 14.5 Å². The molecule has 0 aliphatic carbocycles. The van der Waals surface area contributed by atoms with E-state index in [9.17, 15) is 0 Å². The zero-order valence-corrected chi connectivity index (χ0v) is 14.3. The smallest absolute Gasteiger partial charge is 0.0961 e. The first-order chi connectivity index (χ1) is 11.8. The largest absolute Gasteiger partial charge is 0.326 e. The highest BCUT2D eigenvalue weighted by Gasteiger charge is 2.23. The fourth-order valence-corrected chi connectivity index (χ4v) is 4.01. The number of imidazole rings is 1. The van der Waals surface area contributed by atoms with E-state index in [1.165, 1.54) is 37.0 Å². The fourth-order valence-electron chi connectivity index (χ4n) is 4.01. The Bertz CT molecular complexity index is 793. The van der Waals surface area contributed by atoms with Gasteiger partial charge in [-0.1, -0.05) is 42.5 Å². The van der Waals surface area contributed by atoms with Gasteiger partial charge in [0, 0.05) is 19.1 Å². The van der Waals surface area contributed by atoms with Crippen LogP contribution >= 0.6 is 0 Å². The molecule has 2 atom stereocenters. The summed E-state index contributed by atoms with van der Waals surface area (Å²) in [5, 5.41) is 0. The number of fused-ring (bicyclic) bond motifs is 1. The number of para-hydroxylation sites is 2. The zero-order chi connectivity index (χ0) is 16.4. The van der Waals surface area contributed by atoms with E-state index in [1.54, 1.807) is 0 Å². The lowest BCUT2D eigenvalue weighted by Gasteiger charge is -2.35. The monoisotopic (exact) mass is 319 g/mol. The van der Waals surface area contributed by atoms with Crippen molar-refractivity contribution in [2.75, 3.05) is 19.6 Å². The standard InChI is InChI=1S/C21H25N3/c1-17(24-16-22-20-11-5-6-12-21(20)24)14-23-13-7-10-19(15-23)18-8-3-2-4-9-18/h2-6,8-9,11-12,16-17,19H,7,10,13-15H2,1H3/t17-,19+/m1/s1. The van der Waals surface area contributed by atoms with Crippen LogP contribution in [-0.4, -0.2) is 34.1 Å². The van der Waals surface area contributed by atoms with Gasteiger partial charge >= 0.3 is 0 Å². The Hall–Kier alpha value is -2.13. The van der Waals surface area contributed by atoms with Crippen LogP contribution in [0, 0.1) is 0 Å². The van der Waals surface area contributed by atoms with Crippen LogP contribution < -0.4 is 0 Å². The third-order valence-corrected chi connectivity index (χ3v) is 5.25. The van der Waals surface area contributed by atoms with Gasteiger partial charge in [-0.15, -0.1) is 0 Å². The first-order valence-corrected chi connectivity index (χ1v) is 9.00. The van der Waals surface area contributed by atoms with Gasteiger partial charge in [0.25, 0.3) is 0 Å². The highest BCUT2D eigenvalue weighted by molar-refractivity contribution is 5.75. The molecule has 0 spiro atoms. The Balaban J connectivity index is 1.46. The molecule has 1 aromatic heterocycles. The summed E-state index contributed by atoms with van der Waals surface area (Å²) in [6.45, 7) is 5.77. The molecule has 0 radical (unpaired) electrons. The van der Waals surface area contributed by atoms with Crippen molar-refractivity contribution in [3.05, 3.63) is 66.5 Å². The van der Waals surface area contributed by atoms with Crippen LogP contribution in [0.2, 0.25) is 0 Å². The maximum absolute atomic E-state index is 4.54. The summed E-state index contributed by atoms with van der Waals surface area (Å²) in [4.78, 5) is 7.17. The molecule has 0 saturated carbocycles. The van der Waals surface area contributed by atoms with E-state index in [4.69, 9.17) is 0 Å². The molecule has 0 amide bonds. The molecule has 124 valence electrons. The number of benzene rings is 2. The zero-order valence-electron chi connectivity index (χ0n) is 14.3. The van der Waals surface area contributed by atoms with Crippen molar-refractivity contribution < 1.29 is 0 Å². The molecule has 1 aliphatic heterocycles. The minimum absolute atomic E-state index is 0.437. The summed E-state index contributed by atoms with van der Waals surface area (Å²) >= 11 is 0. The highest BCUT2D eigenvalue weighted by atomic mass is 15.2. The maximum Gasteiger partial charge on any atom is 0.0961 e. The normalized spacial score (nSPS) is 20.3. The Labute approximate surface area is 143 Å². The molecule has 4 rings (SSSR count). The van der Waals surface area contributed by atoms with E-state index in [1.807, 2.05) is 6.33 Å². The molecule has 3 nitrogen and oxygen atoms in total. The minimum Gasteiger partial charge on any atom is -0.326 e. The first-order valence-electron chi connectivity index (χ1n) is 9.00. The fraction of sp³-hybridized carbons (Fsp3) is 0.381. The van der Waals surface area contributed by atoms with E-state index in [0.29, 0.717) is 12.0 Å². The molecule has 0 unspecified atom stereocenters. The first kappa shape index (κ1) is 15.4. The Morgan fingerprint density at radius 1 is 1.08 bits per heavy atom. The van der Waals surface area contributed by atoms with Gasteiger partial charge in [0.15, 0.2) is 0 Å². The Morgan fingerprint density at radius 2 is 1.88 bits per heavy atom. The van der Waals surface area contributed by atoms with Crippen molar-refractivity contribution in [3.8, 4) is 0 Å². The molecule has 2 aromatic carbocycles. The summed E-state index contributed by atoms with van der Waals surface area (Å²) in [7, 11) is 0. The van der Waals surface area contributed by atoms with Crippen LogP contribution in [-0.2, 0) is 0 Å². The SMILES string of the molecule is C[C@H](CN1CCC[C@H](c2ccccc2)C1)n1cnc2ccccc21. The molecule has 1 fully saturated rings. The number of piperidine rings is 1. The van der Waals surface area contributed by atoms with Crippen LogP contribution in [0.5, 0.6) is 0 Å². The molecule has 1 aliphatic rings. The highest BCUT2D eigenvalue weighted by Crippen LogP contribution is 2.28.